The van der Waals surface area contributed by atoms with Crippen LogP contribution in [0.5, 0.6) is 0 Å². The average Bonchev–Trinajstić information content (AvgIpc) is 2.38. The second-order valence-corrected chi connectivity index (χ2v) is 6.23. The topological polar surface area (TPSA) is 12.0 Å². The summed E-state index contributed by atoms with van der Waals surface area (Å²) in [6.45, 7) is 1.06. The average molecular weight is 250 g/mol. The Kier molecular flexibility index (Phi) is 3.14. The molecular formula is C15H20ClN. The molecule has 3 atom stereocenters. The molecule has 2 fully saturated rings. The fourth-order valence-corrected chi connectivity index (χ4v) is 4.05. The molecule has 17 heavy (non-hydrogen) atoms. The molecule has 1 N–H and O–H groups in total. The number of halogens is 1. The van der Waals surface area contributed by atoms with Gasteiger partial charge in [0, 0.05) is 6.04 Å². The molecule has 1 saturated carbocycles. The lowest BCUT2D eigenvalue weighted by Gasteiger charge is -2.48. The first-order valence-corrected chi connectivity index (χ1v) is 7.15. The maximum atomic E-state index is 6.88. The summed E-state index contributed by atoms with van der Waals surface area (Å²) < 4.78 is 0. The predicted octanol–water partition coefficient (Wildman–Crippen LogP) is 3.89. The van der Waals surface area contributed by atoms with E-state index < -0.39 is 0 Å². The van der Waals surface area contributed by atoms with Crippen molar-refractivity contribution in [1.29, 1.82) is 0 Å². The van der Waals surface area contributed by atoms with Gasteiger partial charge in [-0.05, 0) is 37.3 Å². The van der Waals surface area contributed by atoms with E-state index in [9.17, 15) is 0 Å². The van der Waals surface area contributed by atoms with E-state index in [4.69, 9.17) is 11.6 Å². The summed E-state index contributed by atoms with van der Waals surface area (Å²) in [5.41, 5.74) is 1.41. The molecule has 1 saturated heterocycles. The number of piperidine rings is 1. The van der Waals surface area contributed by atoms with Gasteiger partial charge in [-0.15, -0.1) is 11.6 Å². The fourth-order valence-electron chi connectivity index (χ4n) is 3.59. The van der Waals surface area contributed by atoms with E-state index in [0.29, 0.717) is 12.0 Å². The zero-order valence-electron chi connectivity index (χ0n) is 10.2. The quantitative estimate of drug-likeness (QED) is 0.745. The smallest absolute Gasteiger partial charge is 0.0505 e. The Morgan fingerprint density at radius 2 is 1.94 bits per heavy atom. The highest BCUT2D eigenvalue weighted by Gasteiger charge is 2.45. The van der Waals surface area contributed by atoms with Crippen LogP contribution in [-0.4, -0.2) is 11.4 Å². The van der Waals surface area contributed by atoms with Crippen LogP contribution >= 0.6 is 11.6 Å². The first-order valence-electron chi connectivity index (χ1n) is 6.77. The molecular weight excluding hydrogens is 230 g/mol. The molecule has 1 heterocycles. The maximum Gasteiger partial charge on any atom is 0.0505 e. The van der Waals surface area contributed by atoms with Crippen molar-refractivity contribution < 1.29 is 0 Å². The SMILES string of the molecule is Cl[C@]12CCCC[C@H]1[C@H](c1ccccc1)NCC2. The summed E-state index contributed by atoms with van der Waals surface area (Å²) in [7, 11) is 0. The van der Waals surface area contributed by atoms with Gasteiger partial charge in [0.2, 0.25) is 0 Å². The molecule has 1 aromatic carbocycles. The van der Waals surface area contributed by atoms with E-state index in [1.807, 2.05) is 0 Å². The zero-order valence-corrected chi connectivity index (χ0v) is 10.9. The van der Waals surface area contributed by atoms with Crippen LogP contribution in [0, 0.1) is 5.92 Å². The van der Waals surface area contributed by atoms with Crippen LogP contribution in [0.4, 0.5) is 0 Å². The Hall–Kier alpha value is -0.530. The summed E-state index contributed by atoms with van der Waals surface area (Å²) in [6.07, 6.45) is 6.24. The number of benzene rings is 1. The van der Waals surface area contributed by atoms with Crippen LogP contribution in [0.25, 0.3) is 0 Å². The Bertz CT molecular complexity index is 374. The minimum Gasteiger partial charge on any atom is -0.310 e. The molecule has 0 radical (unpaired) electrons. The van der Waals surface area contributed by atoms with Crippen LogP contribution in [-0.2, 0) is 0 Å². The van der Waals surface area contributed by atoms with Crippen molar-refractivity contribution in [3.8, 4) is 0 Å². The molecule has 1 nitrogen and oxygen atoms in total. The molecule has 1 aromatic rings. The van der Waals surface area contributed by atoms with Gasteiger partial charge in [-0.25, -0.2) is 0 Å². The van der Waals surface area contributed by atoms with Crippen LogP contribution < -0.4 is 5.32 Å². The van der Waals surface area contributed by atoms with E-state index in [-0.39, 0.29) is 4.87 Å². The van der Waals surface area contributed by atoms with Crippen molar-refractivity contribution >= 4 is 11.6 Å². The minimum atomic E-state index is 0.0595. The van der Waals surface area contributed by atoms with E-state index in [1.54, 1.807) is 0 Å². The van der Waals surface area contributed by atoms with Crippen molar-refractivity contribution in [1.82, 2.24) is 5.32 Å². The molecule has 2 aliphatic rings. The number of hydrogen-bond acceptors (Lipinski definition) is 1. The van der Waals surface area contributed by atoms with Crippen LogP contribution in [0.2, 0.25) is 0 Å². The van der Waals surface area contributed by atoms with Crippen molar-refractivity contribution in [3.63, 3.8) is 0 Å². The minimum absolute atomic E-state index is 0.0595. The molecule has 0 amide bonds. The third kappa shape index (κ3) is 2.11. The monoisotopic (exact) mass is 249 g/mol. The van der Waals surface area contributed by atoms with Crippen molar-refractivity contribution in [3.05, 3.63) is 35.9 Å². The Morgan fingerprint density at radius 3 is 2.76 bits per heavy atom. The predicted molar refractivity (Wildman–Crippen MR) is 72.3 cm³/mol. The lowest BCUT2D eigenvalue weighted by Crippen LogP contribution is -2.50. The largest absolute Gasteiger partial charge is 0.310 e. The van der Waals surface area contributed by atoms with E-state index in [0.717, 1.165) is 13.0 Å². The molecule has 0 aromatic heterocycles. The highest BCUT2D eigenvalue weighted by atomic mass is 35.5. The Labute approximate surface area is 109 Å². The lowest BCUT2D eigenvalue weighted by molar-refractivity contribution is 0.157. The van der Waals surface area contributed by atoms with Crippen molar-refractivity contribution in [2.24, 2.45) is 5.92 Å². The number of rotatable bonds is 1. The standard InChI is InChI=1S/C15H20ClN/c16-15-9-5-4-8-13(15)14(17-11-10-15)12-6-2-1-3-7-12/h1-3,6-7,13-14,17H,4-5,8-11H2/t13-,14-,15-/m0/s1. The Balaban J connectivity index is 1.89. The summed E-state index contributed by atoms with van der Waals surface area (Å²) in [6, 6.07) is 11.3. The second kappa shape index (κ2) is 4.62. The summed E-state index contributed by atoms with van der Waals surface area (Å²) in [5, 5.41) is 3.68. The van der Waals surface area contributed by atoms with E-state index >= 15 is 0 Å². The highest BCUT2D eigenvalue weighted by molar-refractivity contribution is 6.24. The molecule has 92 valence electrons. The zero-order chi connectivity index (χ0) is 11.7. The molecule has 0 unspecified atom stereocenters. The van der Waals surface area contributed by atoms with E-state index in [2.05, 4.69) is 35.6 Å². The second-order valence-electron chi connectivity index (χ2n) is 5.48. The molecule has 0 bridgehead atoms. The van der Waals surface area contributed by atoms with Gasteiger partial charge in [-0.1, -0.05) is 43.2 Å². The van der Waals surface area contributed by atoms with Crippen LogP contribution in [0.3, 0.4) is 0 Å². The number of nitrogens with one attached hydrogen (secondary N) is 1. The molecule has 2 heteroatoms. The summed E-state index contributed by atoms with van der Waals surface area (Å²) in [4.78, 5) is 0.0595. The van der Waals surface area contributed by atoms with Gasteiger partial charge in [0.05, 0.1) is 4.87 Å². The van der Waals surface area contributed by atoms with Gasteiger partial charge in [0.1, 0.15) is 0 Å². The van der Waals surface area contributed by atoms with Crippen LogP contribution in [0.1, 0.15) is 43.7 Å². The summed E-state index contributed by atoms with van der Waals surface area (Å²) in [5.74, 6) is 0.606. The molecule has 0 spiro atoms. The highest BCUT2D eigenvalue weighted by Crippen LogP contribution is 2.49. The number of hydrogen-bond donors (Lipinski definition) is 1. The van der Waals surface area contributed by atoms with Gasteiger partial charge in [0.15, 0.2) is 0 Å². The molecule has 1 aliphatic carbocycles. The Morgan fingerprint density at radius 1 is 1.12 bits per heavy atom. The van der Waals surface area contributed by atoms with Gasteiger partial charge < -0.3 is 5.32 Å². The molecule has 3 rings (SSSR count). The first-order chi connectivity index (χ1) is 8.30. The number of alkyl halides is 1. The normalized spacial score (nSPS) is 37.5. The van der Waals surface area contributed by atoms with Gasteiger partial charge >= 0.3 is 0 Å². The van der Waals surface area contributed by atoms with Crippen LogP contribution in [0.15, 0.2) is 30.3 Å². The third-order valence-electron chi connectivity index (χ3n) is 4.49. The van der Waals surface area contributed by atoms with Gasteiger partial charge in [0.25, 0.3) is 0 Å². The fraction of sp³-hybridized carbons (Fsp3) is 0.600. The lowest BCUT2D eigenvalue weighted by atomic mass is 9.69. The van der Waals surface area contributed by atoms with Gasteiger partial charge in [-0.3, -0.25) is 0 Å². The summed E-state index contributed by atoms with van der Waals surface area (Å²) >= 11 is 6.88. The van der Waals surface area contributed by atoms with Crippen molar-refractivity contribution in [2.45, 2.75) is 43.0 Å². The maximum absolute atomic E-state index is 6.88. The number of fused-ring (bicyclic) bond motifs is 1. The first kappa shape index (κ1) is 11.6. The third-order valence-corrected chi connectivity index (χ3v) is 5.15. The van der Waals surface area contributed by atoms with Crippen molar-refractivity contribution in [2.75, 3.05) is 6.54 Å². The van der Waals surface area contributed by atoms with E-state index in [1.165, 1.54) is 31.2 Å². The van der Waals surface area contributed by atoms with Gasteiger partial charge in [-0.2, -0.15) is 0 Å². The molecule has 1 aliphatic heterocycles.